The van der Waals surface area contributed by atoms with E-state index < -0.39 is 0 Å². The Kier molecular flexibility index (Phi) is 5.92. The molecule has 0 radical (unpaired) electrons. The van der Waals surface area contributed by atoms with E-state index in [9.17, 15) is 9.59 Å². The van der Waals surface area contributed by atoms with E-state index in [0.29, 0.717) is 22.3 Å². The first kappa shape index (κ1) is 22.0. The molecule has 0 saturated carbocycles. The molecule has 0 aliphatic heterocycles. The van der Waals surface area contributed by atoms with Crippen LogP contribution < -0.4 is 5.32 Å². The summed E-state index contributed by atoms with van der Waals surface area (Å²) < 4.78 is 2.02. The highest BCUT2D eigenvalue weighted by molar-refractivity contribution is 7.99. The number of carbonyl (C=O) groups excluding carboxylic acids is 2. The molecule has 1 aliphatic rings. The maximum atomic E-state index is 12.6. The van der Waals surface area contributed by atoms with Gasteiger partial charge in [0.1, 0.15) is 10.7 Å². The maximum absolute atomic E-state index is 12.6. The Balaban J connectivity index is 1.42. The van der Waals surface area contributed by atoms with Crippen LogP contribution in [0.4, 0.5) is 5.69 Å². The third kappa shape index (κ3) is 4.15. The van der Waals surface area contributed by atoms with Gasteiger partial charge in [-0.25, -0.2) is 4.98 Å². The Hall–Kier alpha value is -2.78. The summed E-state index contributed by atoms with van der Waals surface area (Å²) >= 11 is 3.14. The zero-order valence-electron chi connectivity index (χ0n) is 18.8. The number of amides is 1. The summed E-state index contributed by atoms with van der Waals surface area (Å²) in [7, 11) is 0. The fourth-order valence-corrected chi connectivity index (χ4v) is 6.50. The minimum atomic E-state index is -0.161. The van der Waals surface area contributed by atoms with Crippen LogP contribution >= 0.6 is 23.1 Å². The van der Waals surface area contributed by atoms with Crippen molar-refractivity contribution < 1.29 is 9.59 Å². The van der Waals surface area contributed by atoms with Gasteiger partial charge < -0.3 is 5.32 Å². The third-order valence-electron chi connectivity index (χ3n) is 6.04. The second kappa shape index (κ2) is 8.87. The lowest BCUT2D eigenvalue weighted by molar-refractivity contribution is -0.113. The molecule has 170 valence electrons. The van der Waals surface area contributed by atoms with Gasteiger partial charge in [-0.2, -0.15) is 0 Å². The minimum Gasteiger partial charge on any atom is -0.325 e. The lowest BCUT2D eigenvalue weighted by atomic mass is 9.89. The van der Waals surface area contributed by atoms with Gasteiger partial charge in [0.15, 0.2) is 16.6 Å². The zero-order chi connectivity index (χ0) is 23.1. The van der Waals surface area contributed by atoms with Crippen LogP contribution in [0, 0.1) is 5.92 Å². The number of rotatable bonds is 6. The minimum absolute atomic E-state index is 0.0358. The molecule has 0 bridgehead atoms. The molecule has 1 atom stereocenters. The van der Waals surface area contributed by atoms with Crippen molar-refractivity contribution in [2.75, 3.05) is 11.1 Å². The number of aromatic nitrogens is 4. The van der Waals surface area contributed by atoms with Gasteiger partial charge in [0.05, 0.1) is 11.1 Å². The highest BCUT2D eigenvalue weighted by Crippen LogP contribution is 2.39. The van der Waals surface area contributed by atoms with Crippen LogP contribution in [0.15, 0.2) is 29.4 Å². The summed E-state index contributed by atoms with van der Waals surface area (Å²) in [6.07, 6.45) is 4.09. The predicted octanol–water partition coefficient (Wildman–Crippen LogP) is 4.96. The molecule has 3 heterocycles. The van der Waals surface area contributed by atoms with E-state index in [1.807, 2.05) is 4.40 Å². The molecular weight excluding hydrogens is 454 g/mol. The topological polar surface area (TPSA) is 89.2 Å². The largest absolute Gasteiger partial charge is 0.325 e. The Labute approximate surface area is 200 Å². The van der Waals surface area contributed by atoms with Gasteiger partial charge >= 0.3 is 0 Å². The molecule has 0 spiro atoms. The molecule has 1 unspecified atom stereocenters. The molecular formula is C24H25N5O2S2. The van der Waals surface area contributed by atoms with Gasteiger partial charge in [-0.15, -0.1) is 21.5 Å². The van der Waals surface area contributed by atoms with Crippen LogP contribution in [-0.4, -0.2) is 37.0 Å². The molecule has 9 heteroatoms. The predicted molar refractivity (Wildman–Crippen MR) is 133 cm³/mol. The Morgan fingerprint density at radius 2 is 2.15 bits per heavy atom. The Bertz CT molecular complexity index is 1390. The number of Topliss-reactive ketones (excluding diaryl/α,β-unsaturated/α-hetero) is 1. The monoisotopic (exact) mass is 479 g/mol. The Morgan fingerprint density at radius 3 is 2.94 bits per heavy atom. The maximum Gasteiger partial charge on any atom is 0.234 e. The molecule has 1 N–H and O–H groups in total. The van der Waals surface area contributed by atoms with Crippen molar-refractivity contribution >= 4 is 56.3 Å². The summed E-state index contributed by atoms with van der Waals surface area (Å²) in [5, 5.41) is 13.6. The van der Waals surface area contributed by atoms with E-state index >= 15 is 0 Å². The normalized spacial score (nSPS) is 15.7. The number of thioether (sulfide) groups is 1. The van der Waals surface area contributed by atoms with E-state index in [1.54, 1.807) is 35.6 Å². The van der Waals surface area contributed by atoms with Crippen LogP contribution in [0.2, 0.25) is 0 Å². The van der Waals surface area contributed by atoms with E-state index in [0.717, 1.165) is 41.0 Å². The van der Waals surface area contributed by atoms with Crippen LogP contribution in [0.1, 0.15) is 53.8 Å². The summed E-state index contributed by atoms with van der Waals surface area (Å²) in [5.74, 6) is 1.60. The zero-order valence-corrected chi connectivity index (χ0v) is 20.5. The summed E-state index contributed by atoms with van der Waals surface area (Å²) in [5.41, 5.74) is 3.40. The van der Waals surface area contributed by atoms with Crippen LogP contribution in [0.5, 0.6) is 0 Å². The van der Waals surface area contributed by atoms with E-state index in [1.165, 1.54) is 35.5 Å². The van der Waals surface area contributed by atoms with E-state index in [-0.39, 0.29) is 17.4 Å². The highest BCUT2D eigenvalue weighted by atomic mass is 32.2. The first-order valence-electron chi connectivity index (χ1n) is 11.2. The fourth-order valence-electron chi connectivity index (χ4n) is 4.35. The summed E-state index contributed by atoms with van der Waals surface area (Å²) in [4.78, 5) is 31.6. The average molecular weight is 480 g/mol. The number of aryl methyl sites for hydroxylation is 2. The highest BCUT2D eigenvalue weighted by Gasteiger charge is 2.25. The van der Waals surface area contributed by atoms with Crippen LogP contribution in [-0.2, 0) is 24.1 Å². The number of hydrogen-bond acceptors (Lipinski definition) is 7. The molecule has 5 rings (SSSR count). The van der Waals surface area contributed by atoms with Gasteiger partial charge in [0.2, 0.25) is 5.91 Å². The van der Waals surface area contributed by atoms with Crippen molar-refractivity contribution in [3.63, 3.8) is 0 Å². The van der Waals surface area contributed by atoms with Crippen molar-refractivity contribution in [1.29, 1.82) is 0 Å². The standard InChI is InChI=1S/C24H25N5O2S2/c1-4-19-26-23-21(17-9-8-13(2)10-18(17)33-23)22-27-28-24(29(19)22)32-12-20(31)25-16-7-5-6-15(11-16)14(3)30/h5-7,11,13H,4,8-10,12H2,1-3H3,(H,25,31). The van der Waals surface area contributed by atoms with Crippen molar-refractivity contribution in [3.8, 4) is 0 Å². The molecule has 1 amide bonds. The smallest absolute Gasteiger partial charge is 0.234 e. The SMILES string of the molecule is CCc1nc2sc3c(c2c2nnc(SCC(=O)Nc4cccc(C(C)=O)c4)n12)CCC(C)C3. The molecule has 0 fully saturated rings. The van der Waals surface area contributed by atoms with Crippen molar-refractivity contribution in [2.24, 2.45) is 5.92 Å². The molecule has 1 aromatic carbocycles. The average Bonchev–Trinajstić information content (AvgIpc) is 3.37. The van der Waals surface area contributed by atoms with Crippen LogP contribution in [0.25, 0.3) is 15.9 Å². The van der Waals surface area contributed by atoms with Gasteiger partial charge in [0, 0.05) is 22.5 Å². The number of nitrogens with one attached hydrogen (secondary N) is 1. The van der Waals surface area contributed by atoms with Gasteiger partial charge in [0.25, 0.3) is 0 Å². The van der Waals surface area contributed by atoms with Gasteiger partial charge in [-0.3, -0.25) is 14.0 Å². The number of thiophene rings is 1. The number of hydrogen-bond donors (Lipinski definition) is 1. The summed E-state index contributed by atoms with van der Waals surface area (Å²) in [6, 6.07) is 6.96. The first-order valence-corrected chi connectivity index (χ1v) is 13.0. The number of carbonyl (C=O) groups is 2. The lowest BCUT2D eigenvalue weighted by Gasteiger charge is -2.17. The lowest BCUT2D eigenvalue weighted by Crippen LogP contribution is -2.15. The van der Waals surface area contributed by atoms with E-state index in [4.69, 9.17) is 4.98 Å². The number of fused-ring (bicyclic) bond motifs is 5. The number of nitrogens with zero attached hydrogens (tertiary/aromatic N) is 4. The van der Waals surface area contributed by atoms with E-state index in [2.05, 4.69) is 29.4 Å². The molecule has 33 heavy (non-hydrogen) atoms. The van der Waals surface area contributed by atoms with Crippen molar-refractivity contribution in [3.05, 3.63) is 46.1 Å². The quantitative estimate of drug-likeness (QED) is 0.311. The Morgan fingerprint density at radius 1 is 1.30 bits per heavy atom. The van der Waals surface area contributed by atoms with Crippen molar-refractivity contribution in [2.45, 2.75) is 51.6 Å². The first-order chi connectivity index (χ1) is 15.9. The van der Waals surface area contributed by atoms with Crippen LogP contribution in [0.3, 0.4) is 0 Å². The number of anilines is 1. The second-order valence-electron chi connectivity index (χ2n) is 8.53. The number of ketones is 1. The third-order valence-corrected chi connectivity index (χ3v) is 8.12. The molecule has 4 aromatic rings. The van der Waals surface area contributed by atoms with Crippen molar-refractivity contribution in [1.82, 2.24) is 19.6 Å². The molecule has 1 aliphatic carbocycles. The van der Waals surface area contributed by atoms with Gasteiger partial charge in [-0.1, -0.05) is 37.7 Å². The second-order valence-corrected chi connectivity index (χ2v) is 10.6. The summed E-state index contributed by atoms with van der Waals surface area (Å²) in [6.45, 7) is 5.89. The fraction of sp³-hybridized carbons (Fsp3) is 0.375. The molecule has 0 saturated heterocycles. The van der Waals surface area contributed by atoms with Gasteiger partial charge in [-0.05, 0) is 49.8 Å². The molecule has 3 aromatic heterocycles. The molecule has 7 nitrogen and oxygen atoms in total. The number of benzene rings is 1.